The molecule has 0 spiro atoms. The van der Waals surface area contributed by atoms with Crippen molar-refractivity contribution in [3.63, 3.8) is 0 Å². The molecule has 3 fully saturated rings. The maximum atomic E-state index is 14.0. The molecule has 0 N–H and O–H groups in total. The molecule has 0 bridgehead atoms. The van der Waals surface area contributed by atoms with Crippen LogP contribution in [0.5, 0.6) is 0 Å². The van der Waals surface area contributed by atoms with Crippen LogP contribution in [0, 0.1) is 11.7 Å². The topological polar surface area (TPSA) is 47.1 Å². The third-order valence-electron chi connectivity index (χ3n) is 7.09. The van der Waals surface area contributed by atoms with E-state index in [0.29, 0.717) is 37.9 Å². The van der Waals surface area contributed by atoms with Crippen molar-refractivity contribution >= 4 is 17.5 Å². The molecule has 6 nitrogen and oxygen atoms in total. The molecule has 0 atom stereocenters. The summed E-state index contributed by atoms with van der Waals surface area (Å²) in [4.78, 5) is 33.0. The Morgan fingerprint density at radius 2 is 1.47 bits per heavy atom. The summed E-state index contributed by atoms with van der Waals surface area (Å²) in [5.41, 5.74) is 0.633. The van der Waals surface area contributed by atoms with Gasteiger partial charge in [0.1, 0.15) is 5.82 Å². The summed E-state index contributed by atoms with van der Waals surface area (Å²) >= 11 is 0. The lowest BCUT2D eigenvalue weighted by molar-refractivity contribution is -0.138. The van der Waals surface area contributed by atoms with Gasteiger partial charge in [-0.3, -0.25) is 9.59 Å². The molecule has 0 aliphatic carbocycles. The van der Waals surface area contributed by atoms with E-state index in [0.717, 1.165) is 51.9 Å². The Labute approximate surface area is 178 Å². The van der Waals surface area contributed by atoms with Crippen molar-refractivity contribution in [2.45, 2.75) is 38.6 Å². The van der Waals surface area contributed by atoms with Gasteiger partial charge < -0.3 is 19.6 Å². The Kier molecular flexibility index (Phi) is 6.56. The Morgan fingerprint density at radius 3 is 2.07 bits per heavy atom. The van der Waals surface area contributed by atoms with Gasteiger partial charge in [0.2, 0.25) is 11.8 Å². The molecule has 164 valence electrons. The molecule has 1 aromatic rings. The molecule has 7 heteroatoms. The third-order valence-corrected chi connectivity index (χ3v) is 7.09. The van der Waals surface area contributed by atoms with Crippen LogP contribution in [0.2, 0.25) is 0 Å². The van der Waals surface area contributed by atoms with Crippen LogP contribution in [0.4, 0.5) is 10.1 Å². The van der Waals surface area contributed by atoms with Crippen LogP contribution < -0.4 is 4.90 Å². The molecule has 3 aliphatic heterocycles. The minimum absolute atomic E-state index is 0.110. The zero-order chi connectivity index (χ0) is 21.1. The fraction of sp³-hybridized carbons (Fsp3) is 0.652. The molecule has 1 aromatic carbocycles. The van der Waals surface area contributed by atoms with Crippen molar-refractivity contribution < 1.29 is 14.0 Å². The molecule has 4 rings (SSSR count). The molecule has 0 unspecified atom stereocenters. The van der Waals surface area contributed by atoms with Crippen molar-refractivity contribution in [3.05, 3.63) is 30.1 Å². The zero-order valence-electron chi connectivity index (χ0n) is 17.9. The van der Waals surface area contributed by atoms with Crippen LogP contribution in [-0.4, -0.2) is 84.9 Å². The Bertz CT molecular complexity index is 749. The Balaban J connectivity index is 1.22. The molecule has 3 saturated heterocycles. The van der Waals surface area contributed by atoms with Gasteiger partial charge in [-0.1, -0.05) is 12.1 Å². The van der Waals surface area contributed by atoms with Crippen molar-refractivity contribution in [3.8, 4) is 0 Å². The van der Waals surface area contributed by atoms with Crippen molar-refractivity contribution in [1.29, 1.82) is 0 Å². The van der Waals surface area contributed by atoms with E-state index >= 15 is 0 Å². The van der Waals surface area contributed by atoms with Crippen LogP contribution in [0.15, 0.2) is 24.3 Å². The second-order valence-electron chi connectivity index (χ2n) is 8.81. The number of hydrogen-bond donors (Lipinski definition) is 0. The van der Waals surface area contributed by atoms with Gasteiger partial charge in [0.05, 0.1) is 5.69 Å². The average Bonchev–Trinajstić information content (AvgIpc) is 2.79. The van der Waals surface area contributed by atoms with Gasteiger partial charge in [-0.05, 0) is 50.9 Å². The Hall–Kier alpha value is -2.15. The number of para-hydroxylation sites is 1. The van der Waals surface area contributed by atoms with Crippen LogP contribution >= 0.6 is 0 Å². The smallest absolute Gasteiger partial charge is 0.225 e. The molecule has 30 heavy (non-hydrogen) atoms. The number of halogens is 1. The van der Waals surface area contributed by atoms with Gasteiger partial charge in [-0.2, -0.15) is 0 Å². The average molecular weight is 417 g/mol. The molecule has 2 amide bonds. The van der Waals surface area contributed by atoms with Crippen molar-refractivity contribution in [2.75, 3.05) is 57.3 Å². The van der Waals surface area contributed by atoms with Gasteiger partial charge >= 0.3 is 0 Å². The van der Waals surface area contributed by atoms with E-state index in [4.69, 9.17) is 0 Å². The molecule has 0 aromatic heterocycles. The van der Waals surface area contributed by atoms with Gasteiger partial charge in [0.25, 0.3) is 0 Å². The number of piperidine rings is 2. The lowest BCUT2D eigenvalue weighted by Gasteiger charge is -2.43. The fourth-order valence-corrected chi connectivity index (χ4v) is 5.19. The summed E-state index contributed by atoms with van der Waals surface area (Å²) in [6, 6.07) is 7.40. The number of hydrogen-bond acceptors (Lipinski definition) is 4. The molecule has 3 aliphatic rings. The summed E-state index contributed by atoms with van der Waals surface area (Å²) in [5, 5.41) is 0. The summed E-state index contributed by atoms with van der Waals surface area (Å²) in [6.07, 6.45) is 3.91. The number of anilines is 1. The third kappa shape index (κ3) is 4.61. The highest BCUT2D eigenvalue weighted by molar-refractivity contribution is 5.79. The van der Waals surface area contributed by atoms with E-state index < -0.39 is 0 Å². The number of likely N-dealkylation sites (tertiary alicyclic amines) is 2. The van der Waals surface area contributed by atoms with Gasteiger partial charge in [-0.15, -0.1) is 0 Å². The molecule has 0 saturated carbocycles. The number of amides is 2. The summed E-state index contributed by atoms with van der Waals surface area (Å²) in [5.74, 6) is 0.361. The minimum Gasteiger partial charge on any atom is -0.366 e. The first-order chi connectivity index (χ1) is 14.5. The van der Waals surface area contributed by atoms with E-state index in [1.807, 2.05) is 26.8 Å². The Morgan fingerprint density at radius 1 is 0.833 bits per heavy atom. The van der Waals surface area contributed by atoms with E-state index in [1.54, 1.807) is 13.0 Å². The molecule has 0 radical (unpaired) electrons. The number of rotatable bonds is 3. The maximum absolute atomic E-state index is 14.0. The van der Waals surface area contributed by atoms with Gasteiger partial charge in [0.15, 0.2) is 0 Å². The largest absolute Gasteiger partial charge is 0.366 e. The van der Waals surface area contributed by atoms with Crippen LogP contribution in [0.25, 0.3) is 0 Å². The van der Waals surface area contributed by atoms with Crippen LogP contribution in [0.1, 0.15) is 32.6 Å². The normalized spacial score (nSPS) is 22.4. The quantitative estimate of drug-likeness (QED) is 0.758. The second-order valence-corrected chi connectivity index (χ2v) is 8.81. The van der Waals surface area contributed by atoms with Crippen molar-refractivity contribution in [2.24, 2.45) is 5.92 Å². The van der Waals surface area contributed by atoms with Crippen LogP contribution in [-0.2, 0) is 9.59 Å². The highest BCUT2D eigenvalue weighted by Gasteiger charge is 2.33. The molecular weight excluding hydrogens is 383 g/mol. The van der Waals surface area contributed by atoms with E-state index in [-0.39, 0.29) is 23.5 Å². The SMILES string of the molecule is CC(=O)N1CCC(N2CCC(C(=O)N3CCN(c4ccccc4F)CC3)CC2)CC1. The maximum Gasteiger partial charge on any atom is 0.225 e. The second kappa shape index (κ2) is 9.33. The highest BCUT2D eigenvalue weighted by Crippen LogP contribution is 2.26. The van der Waals surface area contributed by atoms with Gasteiger partial charge in [-0.25, -0.2) is 4.39 Å². The first-order valence-corrected chi connectivity index (χ1v) is 11.3. The number of carbonyl (C=O) groups excluding carboxylic acids is 2. The van der Waals surface area contributed by atoms with E-state index in [9.17, 15) is 14.0 Å². The molecular formula is C23H33FN4O2. The highest BCUT2D eigenvalue weighted by atomic mass is 19.1. The number of carbonyl (C=O) groups is 2. The van der Waals surface area contributed by atoms with Crippen LogP contribution in [0.3, 0.4) is 0 Å². The zero-order valence-corrected chi connectivity index (χ0v) is 17.9. The summed E-state index contributed by atoms with van der Waals surface area (Å²) < 4.78 is 14.0. The van der Waals surface area contributed by atoms with Crippen molar-refractivity contribution in [1.82, 2.24) is 14.7 Å². The number of piperazine rings is 1. The first kappa shape index (κ1) is 21.1. The van der Waals surface area contributed by atoms with Gasteiger partial charge in [0, 0.05) is 58.2 Å². The fourth-order valence-electron chi connectivity index (χ4n) is 5.19. The number of nitrogens with zero attached hydrogens (tertiary/aromatic N) is 4. The van der Waals surface area contributed by atoms with E-state index in [2.05, 4.69) is 4.90 Å². The minimum atomic E-state index is -0.196. The summed E-state index contributed by atoms with van der Waals surface area (Å²) in [6.45, 7) is 7.98. The first-order valence-electron chi connectivity index (χ1n) is 11.3. The standard InChI is InChI=1S/C23H33FN4O2/c1-18(29)25-12-8-20(9-13-25)26-10-6-19(7-11-26)23(30)28-16-14-27(15-17-28)22-5-3-2-4-21(22)24/h2-5,19-20H,6-17H2,1H3. The monoisotopic (exact) mass is 416 g/mol. The predicted molar refractivity (Wildman–Crippen MR) is 115 cm³/mol. The number of benzene rings is 1. The van der Waals surface area contributed by atoms with E-state index in [1.165, 1.54) is 6.07 Å². The predicted octanol–water partition coefficient (Wildman–Crippen LogP) is 2.20. The lowest BCUT2D eigenvalue weighted by atomic mass is 9.92. The lowest BCUT2D eigenvalue weighted by Crippen LogP contribution is -2.53. The summed E-state index contributed by atoms with van der Waals surface area (Å²) in [7, 11) is 0. The molecule has 3 heterocycles.